The van der Waals surface area contributed by atoms with E-state index in [1.165, 1.54) is 6.92 Å². The lowest BCUT2D eigenvalue weighted by atomic mass is 9.63. The second-order valence-corrected chi connectivity index (χ2v) is 5.16. The molecule has 1 aliphatic rings. The lowest BCUT2D eigenvalue weighted by Gasteiger charge is -2.41. The van der Waals surface area contributed by atoms with Gasteiger partial charge in [-0.15, -0.1) is 0 Å². The summed E-state index contributed by atoms with van der Waals surface area (Å²) in [5.74, 6) is -4.37. The van der Waals surface area contributed by atoms with Crippen LogP contribution < -0.4 is 0 Å². The van der Waals surface area contributed by atoms with E-state index in [0.717, 1.165) is 0 Å². The van der Waals surface area contributed by atoms with Gasteiger partial charge in [-0.25, -0.2) is 4.79 Å². The van der Waals surface area contributed by atoms with E-state index in [2.05, 4.69) is 13.5 Å². The highest BCUT2D eigenvalue weighted by molar-refractivity contribution is 5.88. The first-order chi connectivity index (χ1) is 9.23. The van der Waals surface area contributed by atoms with E-state index < -0.39 is 35.3 Å². The fraction of sp³-hybridized carbons (Fsp3) is 0.571. The molecule has 0 bridgehead atoms. The highest BCUT2D eigenvalue weighted by Gasteiger charge is 2.56. The molecule has 6 nitrogen and oxygen atoms in total. The van der Waals surface area contributed by atoms with Gasteiger partial charge >= 0.3 is 17.9 Å². The van der Waals surface area contributed by atoms with Crippen molar-refractivity contribution in [1.82, 2.24) is 0 Å². The van der Waals surface area contributed by atoms with Gasteiger partial charge in [0, 0.05) is 5.57 Å². The Morgan fingerprint density at radius 1 is 1.30 bits per heavy atom. The zero-order valence-electron chi connectivity index (χ0n) is 11.4. The molecule has 0 aliphatic heterocycles. The number of carboxylic acids is 2. The predicted molar refractivity (Wildman–Crippen MR) is 69.7 cm³/mol. The van der Waals surface area contributed by atoms with Crippen LogP contribution in [0.1, 0.15) is 32.6 Å². The topological polar surface area (TPSA) is 101 Å². The SMILES string of the molecule is [CH2]C(OC(=O)C(=C)C)C1(C(=O)O)CCCCC1C(=O)O. The van der Waals surface area contributed by atoms with Crippen molar-refractivity contribution in [3.05, 3.63) is 19.1 Å². The summed E-state index contributed by atoms with van der Waals surface area (Å²) < 4.78 is 5.00. The zero-order chi connectivity index (χ0) is 15.5. The molecular formula is C14H19O6. The van der Waals surface area contributed by atoms with Crippen molar-refractivity contribution in [2.75, 3.05) is 0 Å². The average molecular weight is 283 g/mol. The minimum atomic E-state index is -1.69. The van der Waals surface area contributed by atoms with E-state index in [0.29, 0.717) is 12.8 Å². The first kappa shape index (κ1) is 16.2. The number of carbonyl (C=O) groups is 3. The van der Waals surface area contributed by atoms with E-state index in [1.54, 1.807) is 0 Å². The molecular weight excluding hydrogens is 264 g/mol. The van der Waals surface area contributed by atoms with Crippen molar-refractivity contribution < 1.29 is 29.3 Å². The third-order valence-corrected chi connectivity index (χ3v) is 3.82. The summed E-state index contributed by atoms with van der Waals surface area (Å²) in [7, 11) is 0. The Bertz CT molecular complexity index is 441. The second kappa shape index (κ2) is 6.07. The molecule has 0 spiro atoms. The molecule has 3 unspecified atom stereocenters. The monoisotopic (exact) mass is 283 g/mol. The van der Waals surface area contributed by atoms with Gasteiger partial charge in [-0.2, -0.15) is 0 Å². The Labute approximate surface area is 117 Å². The van der Waals surface area contributed by atoms with Gasteiger partial charge < -0.3 is 14.9 Å². The van der Waals surface area contributed by atoms with Crippen LogP contribution in [-0.2, 0) is 19.1 Å². The summed E-state index contributed by atoms with van der Waals surface area (Å²) >= 11 is 0. The average Bonchev–Trinajstić information content (AvgIpc) is 2.37. The Kier molecular flexibility index (Phi) is 4.92. The molecule has 20 heavy (non-hydrogen) atoms. The van der Waals surface area contributed by atoms with Crippen LogP contribution in [0.2, 0.25) is 0 Å². The second-order valence-electron chi connectivity index (χ2n) is 5.16. The van der Waals surface area contributed by atoms with Gasteiger partial charge in [0.15, 0.2) is 0 Å². The standard InChI is InChI=1S/C14H19O6/c1-8(2)12(17)20-9(3)14(13(18)19)7-5-4-6-10(14)11(15)16/h9-10H,1,3-7H2,2H3,(H,15,16)(H,18,19). The van der Waals surface area contributed by atoms with Crippen LogP contribution in [0.3, 0.4) is 0 Å². The van der Waals surface area contributed by atoms with Crippen LogP contribution in [0.5, 0.6) is 0 Å². The molecule has 1 rings (SSSR count). The Morgan fingerprint density at radius 3 is 2.35 bits per heavy atom. The third-order valence-electron chi connectivity index (χ3n) is 3.82. The smallest absolute Gasteiger partial charge is 0.333 e. The van der Waals surface area contributed by atoms with Crippen LogP contribution in [0.25, 0.3) is 0 Å². The normalized spacial score (nSPS) is 27.4. The third kappa shape index (κ3) is 2.84. The lowest BCUT2D eigenvalue weighted by molar-refractivity contribution is -0.180. The molecule has 6 heteroatoms. The molecule has 111 valence electrons. The molecule has 0 aromatic heterocycles. The van der Waals surface area contributed by atoms with E-state index in [1.807, 2.05) is 0 Å². The lowest BCUT2D eigenvalue weighted by Crippen LogP contribution is -2.53. The molecule has 1 aliphatic carbocycles. The molecule has 0 aromatic rings. The Morgan fingerprint density at radius 2 is 1.90 bits per heavy atom. The van der Waals surface area contributed by atoms with Crippen LogP contribution >= 0.6 is 0 Å². The predicted octanol–water partition coefficient (Wildman–Crippen LogP) is 1.65. The van der Waals surface area contributed by atoms with Gasteiger partial charge in [-0.05, 0) is 26.7 Å². The number of carbonyl (C=O) groups excluding carboxylic acids is 1. The first-order valence-corrected chi connectivity index (χ1v) is 6.39. The van der Waals surface area contributed by atoms with Crippen molar-refractivity contribution in [3.8, 4) is 0 Å². The van der Waals surface area contributed by atoms with E-state index in [-0.39, 0.29) is 18.4 Å². The molecule has 1 saturated carbocycles. The van der Waals surface area contributed by atoms with E-state index >= 15 is 0 Å². The van der Waals surface area contributed by atoms with Crippen LogP contribution in [0.4, 0.5) is 0 Å². The summed E-state index contributed by atoms with van der Waals surface area (Å²) in [6, 6.07) is 0. The summed E-state index contributed by atoms with van der Waals surface area (Å²) in [4.78, 5) is 34.6. The number of esters is 1. The van der Waals surface area contributed by atoms with Gasteiger partial charge in [0.25, 0.3) is 0 Å². The summed E-state index contributed by atoms with van der Waals surface area (Å²) in [5.41, 5.74) is -1.57. The molecule has 1 radical (unpaired) electrons. The highest BCUT2D eigenvalue weighted by Crippen LogP contribution is 2.45. The fourth-order valence-electron chi connectivity index (χ4n) is 2.66. The number of carboxylic acid groups (broad SMARTS) is 2. The number of hydrogen-bond acceptors (Lipinski definition) is 4. The van der Waals surface area contributed by atoms with Crippen LogP contribution in [-0.4, -0.2) is 34.2 Å². The summed E-state index contributed by atoms with van der Waals surface area (Å²) in [6.45, 7) is 8.42. The molecule has 0 aromatic carbocycles. The maximum Gasteiger partial charge on any atom is 0.333 e. The van der Waals surface area contributed by atoms with Crippen molar-refractivity contribution in [2.45, 2.75) is 38.7 Å². The van der Waals surface area contributed by atoms with Crippen molar-refractivity contribution >= 4 is 17.9 Å². The summed E-state index contributed by atoms with van der Waals surface area (Å²) in [6.07, 6.45) is 0.278. The van der Waals surface area contributed by atoms with Crippen LogP contribution in [0, 0.1) is 18.3 Å². The molecule has 3 atom stereocenters. The minimum Gasteiger partial charge on any atom is -0.481 e. The molecule has 2 N–H and O–H groups in total. The first-order valence-electron chi connectivity index (χ1n) is 6.39. The van der Waals surface area contributed by atoms with E-state index in [9.17, 15) is 24.6 Å². The number of hydrogen-bond donors (Lipinski definition) is 2. The van der Waals surface area contributed by atoms with Crippen molar-refractivity contribution in [2.24, 2.45) is 11.3 Å². The minimum absolute atomic E-state index is 0.113. The summed E-state index contributed by atoms with van der Waals surface area (Å²) in [5, 5.41) is 18.8. The van der Waals surface area contributed by atoms with Crippen LogP contribution in [0.15, 0.2) is 12.2 Å². The quantitative estimate of drug-likeness (QED) is 0.587. The fourth-order valence-corrected chi connectivity index (χ4v) is 2.66. The van der Waals surface area contributed by atoms with E-state index in [4.69, 9.17) is 4.74 Å². The maximum absolute atomic E-state index is 11.7. The molecule has 0 saturated heterocycles. The Hall–Kier alpha value is -1.85. The molecule has 0 heterocycles. The van der Waals surface area contributed by atoms with Gasteiger partial charge in [-0.3, -0.25) is 9.59 Å². The zero-order valence-corrected chi connectivity index (χ0v) is 11.4. The Balaban J connectivity index is 3.12. The van der Waals surface area contributed by atoms with Gasteiger partial charge in [-0.1, -0.05) is 19.4 Å². The number of rotatable bonds is 5. The molecule has 1 fully saturated rings. The van der Waals surface area contributed by atoms with Crippen molar-refractivity contribution in [3.63, 3.8) is 0 Å². The van der Waals surface area contributed by atoms with Gasteiger partial charge in [0.1, 0.15) is 11.5 Å². The number of ether oxygens (including phenoxy) is 1. The van der Waals surface area contributed by atoms with Gasteiger partial charge in [0.05, 0.1) is 5.92 Å². The molecule has 0 amide bonds. The van der Waals surface area contributed by atoms with Crippen molar-refractivity contribution in [1.29, 1.82) is 0 Å². The number of aliphatic carboxylic acids is 2. The van der Waals surface area contributed by atoms with Gasteiger partial charge in [0.2, 0.25) is 0 Å². The maximum atomic E-state index is 11.7. The largest absolute Gasteiger partial charge is 0.481 e. The highest BCUT2D eigenvalue weighted by atomic mass is 16.5.